The van der Waals surface area contributed by atoms with Crippen LogP contribution >= 0.6 is 0 Å². The van der Waals surface area contributed by atoms with Gasteiger partial charge in [-0.15, -0.1) is 0 Å². The molecule has 0 atom stereocenters. The first-order chi connectivity index (χ1) is 15.6. The number of ether oxygens (including phenoxy) is 3. The van der Waals surface area contributed by atoms with Crippen LogP contribution in [0, 0.1) is 5.41 Å². The molecule has 162 valence electrons. The van der Waals surface area contributed by atoms with Gasteiger partial charge in [-0.05, 0) is 17.2 Å². The molecule has 0 radical (unpaired) electrons. The summed E-state index contributed by atoms with van der Waals surface area (Å²) in [6, 6.07) is 28.5. The molecular formula is C27H24O5. The number of carbonyl (C=O) groups is 2. The van der Waals surface area contributed by atoms with Crippen molar-refractivity contribution in [2.45, 2.75) is 12.0 Å². The van der Waals surface area contributed by atoms with Crippen molar-refractivity contribution in [2.24, 2.45) is 5.41 Å². The van der Waals surface area contributed by atoms with Crippen molar-refractivity contribution in [3.8, 4) is 0 Å². The molecule has 0 aromatic heterocycles. The number of benzene rings is 3. The fraction of sp³-hybridized carbons (Fsp3) is 0.185. The van der Waals surface area contributed by atoms with Gasteiger partial charge >= 0.3 is 11.9 Å². The molecule has 4 rings (SSSR count). The molecule has 5 heteroatoms. The van der Waals surface area contributed by atoms with Crippen LogP contribution in [0.2, 0.25) is 0 Å². The second-order valence-corrected chi connectivity index (χ2v) is 7.67. The van der Waals surface area contributed by atoms with Crippen LogP contribution in [0.25, 0.3) is 5.76 Å². The topological polar surface area (TPSA) is 61.8 Å². The molecule has 0 spiro atoms. The van der Waals surface area contributed by atoms with Gasteiger partial charge < -0.3 is 14.2 Å². The first-order valence-corrected chi connectivity index (χ1v) is 10.3. The largest absolute Gasteiger partial charge is 0.477 e. The van der Waals surface area contributed by atoms with Crippen LogP contribution in [0.4, 0.5) is 0 Å². The average Bonchev–Trinajstić information content (AvgIpc) is 2.88. The van der Waals surface area contributed by atoms with Gasteiger partial charge in [-0.25, -0.2) is 0 Å². The van der Waals surface area contributed by atoms with E-state index in [1.165, 1.54) is 20.3 Å². The molecule has 3 aromatic rings. The Bertz CT molecular complexity index is 1060. The summed E-state index contributed by atoms with van der Waals surface area (Å²) in [7, 11) is 2.54. The van der Waals surface area contributed by atoms with Crippen LogP contribution in [0.1, 0.15) is 23.1 Å². The normalized spacial score (nSPS) is 16.2. The van der Waals surface area contributed by atoms with E-state index in [0.29, 0.717) is 5.76 Å². The van der Waals surface area contributed by atoms with Crippen LogP contribution in [0.5, 0.6) is 0 Å². The van der Waals surface area contributed by atoms with Crippen LogP contribution in [-0.2, 0) is 29.4 Å². The molecule has 0 amide bonds. The van der Waals surface area contributed by atoms with Crippen LogP contribution in [-0.4, -0.2) is 26.2 Å². The number of hydrogen-bond acceptors (Lipinski definition) is 5. The summed E-state index contributed by atoms with van der Waals surface area (Å²) in [5, 5.41) is 0. The fourth-order valence-corrected chi connectivity index (χ4v) is 4.28. The Balaban J connectivity index is 2.04. The lowest BCUT2D eigenvalue weighted by atomic mass is 9.69. The van der Waals surface area contributed by atoms with E-state index < -0.39 is 23.0 Å². The Hall–Kier alpha value is -3.86. The van der Waals surface area contributed by atoms with Gasteiger partial charge in [-0.3, -0.25) is 9.59 Å². The van der Waals surface area contributed by atoms with Gasteiger partial charge in [0.2, 0.25) is 0 Å². The lowest BCUT2D eigenvalue weighted by molar-refractivity contribution is -0.170. The number of carbonyl (C=O) groups excluding carboxylic acids is 2. The minimum atomic E-state index is -1.70. The summed E-state index contributed by atoms with van der Waals surface area (Å²) in [4.78, 5) is 26.4. The molecule has 32 heavy (non-hydrogen) atoms. The van der Waals surface area contributed by atoms with E-state index in [1.807, 2.05) is 91.0 Å². The van der Waals surface area contributed by atoms with Crippen molar-refractivity contribution in [3.63, 3.8) is 0 Å². The van der Waals surface area contributed by atoms with Crippen LogP contribution < -0.4 is 0 Å². The molecule has 1 heterocycles. The summed E-state index contributed by atoms with van der Waals surface area (Å²) in [6.45, 7) is 0. The molecule has 0 unspecified atom stereocenters. The highest BCUT2D eigenvalue weighted by atomic mass is 16.5. The van der Waals surface area contributed by atoms with Gasteiger partial charge in [0.1, 0.15) is 5.76 Å². The summed E-state index contributed by atoms with van der Waals surface area (Å²) >= 11 is 0. The van der Waals surface area contributed by atoms with Crippen molar-refractivity contribution < 1.29 is 23.8 Å². The number of esters is 2. The fourth-order valence-electron chi connectivity index (χ4n) is 4.28. The first kappa shape index (κ1) is 21.4. The first-order valence-electron chi connectivity index (χ1n) is 10.3. The molecule has 3 aromatic carbocycles. The molecule has 5 nitrogen and oxygen atoms in total. The van der Waals surface area contributed by atoms with Crippen molar-refractivity contribution in [3.05, 3.63) is 114 Å². The van der Waals surface area contributed by atoms with E-state index in [1.54, 1.807) is 0 Å². The van der Waals surface area contributed by atoms with Crippen LogP contribution in [0.15, 0.2) is 97.1 Å². The average molecular weight is 428 g/mol. The summed E-state index contributed by atoms with van der Waals surface area (Å²) < 4.78 is 17.0. The van der Waals surface area contributed by atoms with Crippen molar-refractivity contribution >= 4 is 17.7 Å². The Morgan fingerprint density at radius 3 is 1.59 bits per heavy atom. The third-order valence-electron chi connectivity index (χ3n) is 5.83. The van der Waals surface area contributed by atoms with E-state index in [2.05, 4.69) is 0 Å². The van der Waals surface area contributed by atoms with Gasteiger partial charge in [-0.1, -0.05) is 91.0 Å². The molecule has 0 aliphatic carbocycles. The zero-order valence-corrected chi connectivity index (χ0v) is 18.0. The standard InChI is InChI=1S/C27H24O5/c1-30-24(28)26(25(29)31-2)18-23(20-12-6-3-7-13-20)32-27(19-26,21-14-8-4-9-15-21)22-16-10-5-11-17-22/h3-18H,19H2,1-2H3. The third kappa shape index (κ3) is 3.56. The molecule has 0 saturated carbocycles. The molecule has 0 saturated heterocycles. The zero-order chi connectivity index (χ0) is 22.6. The maximum atomic E-state index is 13.2. The minimum Gasteiger partial charge on any atom is -0.477 e. The van der Waals surface area contributed by atoms with Crippen molar-refractivity contribution in [1.29, 1.82) is 0 Å². The number of rotatable bonds is 5. The quantitative estimate of drug-likeness (QED) is 0.435. The summed E-state index contributed by atoms with van der Waals surface area (Å²) in [5.41, 5.74) is -0.473. The second-order valence-electron chi connectivity index (χ2n) is 7.67. The maximum absolute atomic E-state index is 13.2. The Kier molecular flexibility index (Phi) is 5.82. The molecule has 0 fully saturated rings. The smallest absolute Gasteiger partial charge is 0.327 e. The van der Waals surface area contributed by atoms with Gasteiger partial charge in [-0.2, -0.15) is 0 Å². The predicted molar refractivity (Wildman–Crippen MR) is 120 cm³/mol. The lowest BCUT2D eigenvalue weighted by Gasteiger charge is -2.44. The van der Waals surface area contributed by atoms with Gasteiger partial charge in [0.15, 0.2) is 11.0 Å². The highest BCUT2D eigenvalue weighted by Gasteiger charge is 2.58. The van der Waals surface area contributed by atoms with Crippen molar-refractivity contribution in [1.82, 2.24) is 0 Å². The third-order valence-corrected chi connectivity index (χ3v) is 5.83. The van der Waals surface area contributed by atoms with E-state index in [0.717, 1.165) is 16.7 Å². The minimum absolute atomic E-state index is 0.0102. The molecule has 0 N–H and O–H groups in total. The van der Waals surface area contributed by atoms with E-state index >= 15 is 0 Å². The molecule has 1 aliphatic rings. The Morgan fingerprint density at radius 2 is 1.16 bits per heavy atom. The predicted octanol–water partition coefficient (Wildman–Crippen LogP) is 4.72. The maximum Gasteiger partial charge on any atom is 0.327 e. The molecule has 1 aliphatic heterocycles. The summed E-state index contributed by atoms with van der Waals surface area (Å²) in [6.07, 6.45) is 1.52. The summed E-state index contributed by atoms with van der Waals surface area (Å²) in [5.74, 6) is -0.991. The molecule has 0 bridgehead atoms. The van der Waals surface area contributed by atoms with Crippen LogP contribution in [0.3, 0.4) is 0 Å². The van der Waals surface area contributed by atoms with Crippen molar-refractivity contribution in [2.75, 3.05) is 14.2 Å². The number of hydrogen-bond donors (Lipinski definition) is 0. The zero-order valence-electron chi connectivity index (χ0n) is 18.0. The van der Waals surface area contributed by atoms with E-state index in [-0.39, 0.29) is 6.42 Å². The van der Waals surface area contributed by atoms with E-state index in [9.17, 15) is 9.59 Å². The Morgan fingerprint density at radius 1 is 0.719 bits per heavy atom. The highest BCUT2D eigenvalue weighted by molar-refractivity contribution is 6.04. The second kappa shape index (κ2) is 8.71. The molecular weight excluding hydrogens is 404 g/mol. The van der Waals surface area contributed by atoms with E-state index in [4.69, 9.17) is 14.2 Å². The highest BCUT2D eigenvalue weighted by Crippen LogP contribution is 2.52. The number of methoxy groups -OCH3 is 2. The lowest BCUT2D eigenvalue weighted by Crippen LogP contribution is -2.49. The van der Waals surface area contributed by atoms with Gasteiger partial charge in [0.05, 0.1) is 14.2 Å². The van der Waals surface area contributed by atoms with Gasteiger partial charge in [0.25, 0.3) is 0 Å². The Labute approximate surface area is 187 Å². The monoisotopic (exact) mass is 428 g/mol. The SMILES string of the molecule is COC(=O)C1(C(=O)OC)C=C(c2ccccc2)OC(c2ccccc2)(c2ccccc2)C1. The van der Waals surface area contributed by atoms with Gasteiger partial charge in [0, 0.05) is 12.0 Å².